The van der Waals surface area contributed by atoms with E-state index >= 15 is 0 Å². The standard InChI is InChI=1S/C14H16N4O4S/c1-9(2)7-18-8-15-12-13(18)10-5-3-4-6-11(10)16-14(12)17-22-23(19,20)21/h3-6,8-9H,7H2,1-2H3,(H,16,17)(H,19,20,21). The van der Waals surface area contributed by atoms with Gasteiger partial charge < -0.3 is 4.57 Å². The predicted molar refractivity (Wildman–Crippen MR) is 86.1 cm³/mol. The van der Waals surface area contributed by atoms with E-state index in [1.807, 2.05) is 22.8 Å². The van der Waals surface area contributed by atoms with E-state index in [1.165, 1.54) is 0 Å². The van der Waals surface area contributed by atoms with Gasteiger partial charge >= 0.3 is 10.4 Å². The van der Waals surface area contributed by atoms with Crippen molar-refractivity contribution in [3.63, 3.8) is 0 Å². The molecule has 0 fully saturated rings. The molecular weight excluding hydrogens is 320 g/mol. The first kappa shape index (κ1) is 15.7. The highest BCUT2D eigenvalue weighted by Crippen LogP contribution is 2.29. The van der Waals surface area contributed by atoms with E-state index in [0.29, 0.717) is 17.0 Å². The Bertz CT molecular complexity index is 965. The molecule has 2 aromatic heterocycles. The molecule has 3 aromatic rings. The van der Waals surface area contributed by atoms with Gasteiger partial charge in [0, 0.05) is 11.9 Å². The van der Waals surface area contributed by atoms with E-state index in [0.717, 1.165) is 17.4 Å². The summed E-state index contributed by atoms with van der Waals surface area (Å²) in [6, 6.07) is 7.46. The lowest BCUT2D eigenvalue weighted by molar-refractivity contribution is 0.319. The number of pyridine rings is 1. The number of fused-ring (bicyclic) bond motifs is 3. The summed E-state index contributed by atoms with van der Waals surface area (Å²) in [6.07, 6.45) is 1.68. The zero-order valence-corrected chi connectivity index (χ0v) is 13.4. The number of rotatable bonds is 5. The average Bonchev–Trinajstić information content (AvgIpc) is 2.87. The van der Waals surface area contributed by atoms with Gasteiger partial charge in [0.25, 0.3) is 0 Å². The molecule has 0 aliphatic carbocycles. The maximum atomic E-state index is 10.8. The third-order valence-electron chi connectivity index (χ3n) is 3.26. The summed E-state index contributed by atoms with van der Waals surface area (Å²) in [4.78, 5) is 8.62. The Balaban J connectivity index is 2.21. The minimum absolute atomic E-state index is 0.124. The van der Waals surface area contributed by atoms with Crippen LogP contribution in [0, 0.1) is 5.92 Å². The van der Waals surface area contributed by atoms with Crippen LogP contribution in [-0.4, -0.2) is 27.5 Å². The Hall–Kier alpha value is -2.23. The van der Waals surface area contributed by atoms with Crippen molar-refractivity contribution < 1.29 is 17.3 Å². The molecule has 0 amide bonds. The van der Waals surface area contributed by atoms with E-state index in [-0.39, 0.29) is 5.82 Å². The lowest BCUT2D eigenvalue weighted by atomic mass is 10.1. The Labute approximate surface area is 133 Å². The highest BCUT2D eigenvalue weighted by molar-refractivity contribution is 7.80. The highest BCUT2D eigenvalue weighted by atomic mass is 32.3. The third kappa shape index (κ3) is 3.26. The van der Waals surface area contributed by atoms with E-state index in [4.69, 9.17) is 4.55 Å². The Morgan fingerprint density at radius 1 is 1.35 bits per heavy atom. The normalized spacial score (nSPS) is 12.3. The van der Waals surface area contributed by atoms with Crippen molar-refractivity contribution >= 4 is 38.2 Å². The van der Waals surface area contributed by atoms with Crippen LogP contribution in [0.3, 0.4) is 0 Å². The van der Waals surface area contributed by atoms with Gasteiger partial charge in [0.15, 0.2) is 5.82 Å². The van der Waals surface area contributed by atoms with Crippen LogP contribution < -0.4 is 5.48 Å². The molecule has 2 heterocycles. The van der Waals surface area contributed by atoms with Crippen LogP contribution in [-0.2, 0) is 21.2 Å². The van der Waals surface area contributed by atoms with Crippen molar-refractivity contribution in [3.05, 3.63) is 30.6 Å². The highest BCUT2D eigenvalue weighted by Gasteiger charge is 2.16. The van der Waals surface area contributed by atoms with E-state index in [9.17, 15) is 8.42 Å². The molecule has 0 saturated heterocycles. The summed E-state index contributed by atoms with van der Waals surface area (Å²) in [5.74, 6) is 0.531. The number of anilines is 1. The molecule has 2 N–H and O–H groups in total. The second-order valence-corrected chi connectivity index (χ2v) is 6.60. The second kappa shape index (κ2) is 5.76. The lowest BCUT2D eigenvalue weighted by Gasteiger charge is -2.11. The molecule has 0 unspecified atom stereocenters. The van der Waals surface area contributed by atoms with Crippen LogP contribution in [0.2, 0.25) is 0 Å². The van der Waals surface area contributed by atoms with Gasteiger partial charge in [-0.2, -0.15) is 8.42 Å². The van der Waals surface area contributed by atoms with Crippen LogP contribution >= 0.6 is 0 Å². The lowest BCUT2D eigenvalue weighted by Crippen LogP contribution is -2.11. The first-order chi connectivity index (χ1) is 10.8. The molecule has 3 rings (SSSR count). The van der Waals surface area contributed by atoms with E-state index in [2.05, 4.69) is 33.6 Å². The number of hydrogen-bond donors (Lipinski definition) is 2. The largest absolute Gasteiger partial charge is 0.418 e. The fourth-order valence-corrected chi connectivity index (χ4v) is 2.66. The Morgan fingerprint density at radius 3 is 2.78 bits per heavy atom. The third-order valence-corrected chi connectivity index (χ3v) is 3.55. The van der Waals surface area contributed by atoms with Gasteiger partial charge in [0.1, 0.15) is 5.52 Å². The summed E-state index contributed by atoms with van der Waals surface area (Å²) in [5, 5.41) is 0.901. The van der Waals surface area contributed by atoms with Gasteiger partial charge in [0.2, 0.25) is 0 Å². The molecule has 0 bridgehead atoms. The quantitative estimate of drug-likeness (QED) is 0.544. The Morgan fingerprint density at radius 2 is 2.09 bits per heavy atom. The number of para-hydroxylation sites is 1. The van der Waals surface area contributed by atoms with Gasteiger partial charge in [-0.1, -0.05) is 32.0 Å². The average molecular weight is 336 g/mol. The van der Waals surface area contributed by atoms with Crippen LogP contribution in [0.4, 0.5) is 5.82 Å². The summed E-state index contributed by atoms with van der Waals surface area (Å²) in [5.41, 5.74) is 4.11. The number of nitrogens with one attached hydrogen (secondary N) is 1. The minimum atomic E-state index is -4.64. The molecule has 0 aliphatic heterocycles. The van der Waals surface area contributed by atoms with E-state index in [1.54, 1.807) is 12.4 Å². The molecule has 8 nitrogen and oxygen atoms in total. The van der Waals surface area contributed by atoms with Crippen LogP contribution in [0.25, 0.3) is 21.9 Å². The minimum Gasteiger partial charge on any atom is -0.330 e. The number of nitrogens with zero attached hydrogens (tertiary/aromatic N) is 3. The first-order valence-corrected chi connectivity index (χ1v) is 8.37. The van der Waals surface area contributed by atoms with Gasteiger partial charge in [-0.3, -0.25) is 4.55 Å². The van der Waals surface area contributed by atoms with E-state index < -0.39 is 10.4 Å². The topological polar surface area (TPSA) is 106 Å². The summed E-state index contributed by atoms with van der Waals surface area (Å²) in [7, 11) is -4.64. The fourth-order valence-electron chi connectivity index (χ4n) is 2.48. The molecule has 0 saturated carbocycles. The summed E-state index contributed by atoms with van der Waals surface area (Å²) >= 11 is 0. The maximum Gasteiger partial charge on any atom is 0.418 e. The predicted octanol–water partition coefficient (Wildman–Crippen LogP) is 2.39. The zero-order valence-electron chi connectivity index (χ0n) is 12.6. The summed E-state index contributed by atoms with van der Waals surface area (Å²) < 4.78 is 36.5. The van der Waals surface area contributed by atoms with Gasteiger partial charge in [0.05, 0.1) is 17.4 Å². The van der Waals surface area contributed by atoms with Crippen molar-refractivity contribution in [1.82, 2.24) is 14.5 Å². The Kier molecular flexibility index (Phi) is 3.92. The van der Waals surface area contributed by atoms with Crippen molar-refractivity contribution in [2.45, 2.75) is 20.4 Å². The monoisotopic (exact) mass is 336 g/mol. The first-order valence-electron chi connectivity index (χ1n) is 7.00. The van der Waals surface area contributed by atoms with Gasteiger partial charge in [-0.15, -0.1) is 4.28 Å². The SMILES string of the molecule is CC(C)Cn1cnc2c(NOS(=O)(=O)O)nc3ccccc3c21. The molecule has 0 spiro atoms. The number of hydrogen-bond acceptors (Lipinski definition) is 6. The number of benzene rings is 1. The number of aromatic nitrogens is 3. The molecule has 0 aliphatic rings. The molecule has 1 aromatic carbocycles. The van der Waals surface area contributed by atoms with Crippen LogP contribution in [0.5, 0.6) is 0 Å². The van der Waals surface area contributed by atoms with Crippen molar-refractivity contribution in [2.24, 2.45) is 5.92 Å². The fraction of sp³-hybridized carbons (Fsp3) is 0.286. The van der Waals surface area contributed by atoms with Crippen molar-refractivity contribution in [1.29, 1.82) is 0 Å². The molecule has 0 radical (unpaired) electrons. The van der Waals surface area contributed by atoms with Crippen LogP contribution in [0.1, 0.15) is 13.8 Å². The number of imidazole rings is 1. The molecule has 0 atom stereocenters. The zero-order chi connectivity index (χ0) is 16.6. The molecule has 23 heavy (non-hydrogen) atoms. The molecule has 9 heteroatoms. The van der Waals surface area contributed by atoms with Crippen LogP contribution in [0.15, 0.2) is 30.6 Å². The second-order valence-electron chi connectivity index (χ2n) is 5.58. The van der Waals surface area contributed by atoms with Crippen molar-refractivity contribution in [2.75, 3.05) is 5.48 Å². The molecular formula is C14H16N4O4S. The van der Waals surface area contributed by atoms with Crippen molar-refractivity contribution in [3.8, 4) is 0 Å². The smallest absolute Gasteiger partial charge is 0.330 e. The molecule has 122 valence electrons. The maximum absolute atomic E-state index is 10.8. The van der Waals surface area contributed by atoms with Gasteiger partial charge in [-0.05, 0) is 12.0 Å². The van der Waals surface area contributed by atoms with Gasteiger partial charge in [-0.25, -0.2) is 15.4 Å². The summed E-state index contributed by atoms with van der Waals surface area (Å²) in [6.45, 7) is 4.94.